The van der Waals surface area contributed by atoms with Crippen LogP contribution in [0.2, 0.25) is 0 Å². The molecule has 21 heteroatoms. The molecule has 0 aromatic carbocycles. The Bertz CT molecular complexity index is 988. The number of aliphatic hydroxyl groups excluding tert-OH is 1. The van der Waals surface area contributed by atoms with Crippen LogP contribution in [0.5, 0.6) is 0 Å². The summed E-state index contributed by atoms with van der Waals surface area (Å²) in [6, 6.07) is -0.999. The number of carboxylic acids is 1. The van der Waals surface area contributed by atoms with Crippen LogP contribution in [0.3, 0.4) is 0 Å². The minimum absolute atomic E-state index is 0.0645. The van der Waals surface area contributed by atoms with Gasteiger partial charge in [0.25, 0.3) is 0 Å². The zero-order valence-electron chi connectivity index (χ0n) is 31.5. The van der Waals surface area contributed by atoms with Gasteiger partial charge in [0, 0.05) is 24.9 Å². The molecule has 54 heavy (non-hydrogen) atoms. The second-order valence-electron chi connectivity index (χ2n) is 11.0. The molecule has 0 saturated heterocycles. The van der Waals surface area contributed by atoms with E-state index in [4.69, 9.17) is 68.1 Å². The van der Waals surface area contributed by atoms with Crippen molar-refractivity contribution in [3.8, 4) is 0 Å². The molecule has 1 atom stereocenters. The number of carboxylic acid groups (broad SMARTS) is 1. The average molecular weight is 802 g/mol. The summed E-state index contributed by atoms with van der Waals surface area (Å²) >= 11 is 1.39. The molecular formula is C33H63N5O15S. The van der Waals surface area contributed by atoms with Gasteiger partial charge in [-0.05, 0) is 0 Å². The van der Waals surface area contributed by atoms with Crippen LogP contribution < -0.4 is 11.1 Å². The topological polar surface area (TPSA) is 245 Å². The normalized spacial score (nSPS) is 12.0. The maximum atomic E-state index is 11.5. The number of aromatic nitrogens is 3. The smallest absolute Gasteiger partial charge is 0.320 e. The molecule has 0 saturated carbocycles. The van der Waals surface area contributed by atoms with Crippen molar-refractivity contribution < 1.29 is 71.9 Å². The monoisotopic (exact) mass is 801 g/mol. The highest BCUT2D eigenvalue weighted by atomic mass is 32.2. The van der Waals surface area contributed by atoms with Crippen molar-refractivity contribution in [3.05, 3.63) is 11.9 Å². The van der Waals surface area contributed by atoms with Gasteiger partial charge < -0.3 is 73.4 Å². The molecule has 20 nitrogen and oxygen atoms in total. The Morgan fingerprint density at radius 1 is 0.648 bits per heavy atom. The number of rotatable bonds is 43. The van der Waals surface area contributed by atoms with Crippen molar-refractivity contribution >= 4 is 23.6 Å². The third-order valence-corrected chi connectivity index (χ3v) is 7.49. The van der Waals surface area contributed by atoms with E-state index in [0.717, 1.165) is 0 Å². The lowest BCUT2D eigenvalue weighted by Crippen LogP contribution is -2.32. The van der Waals surface area contributed by atoms with Gasteiger partial charge in [-0.3, -0.25) is 9.59 Å². The SMILES string of the molecule is N[C@@H](Cc1cn(CCOCCOCCOCCOCCOCCOCCOCCOCCOCCOCCOCCNC(=O)CSCCO)nn1)C(=O)O. The van der Waals surface area contributed by atoms with E-state index in [1.807, 2.05) is 0 Å². The standard InChI is InChI=1S/C33H63N5O15S/c34-31(33(41)42)27-30-28-38(37-36-30)2-5-44-7-9-46-11-13-48-15-17-50-19-21-52-23-25-53-24-22-51-20-18-49-16-14-47-12-10-45-8-6-43-4-1-35-32(40)29-54-26-3-39/h28,31,39H,1-27,29,34H2,(H,35,40)(H,41,42)/t31-/m0/s1. The van der Waals surface area contributed by atoms with E-state index in [1.54, 1.807) is 10.9 Å². The molecule has 0 bridgehead atoms. The molecule has 1 heterocycles. The van der Waals surface area contributed by atoms with Crippen LogP contribution in [0, 0.1) is 0 Å². The number of carbonyl (C=O) groups excluding carboxylic acids is 1. The second-order valence-corrected chi connectivity index (χ2v) is 12.1. The molecule has 5 N–H and O–H groups in total. The molecule has 1 rings (SSSR count). The summed E-state index contributed by atoms with van der Waals surface area (Å²) in [4.78, 5) is 22.3. The van der Waals surface area contributed by atoms with Gasteiger partial charge in [0.2, 0.25) is 5.91 Å². The highest BCUT2D eigenvalue weighted by Gasteiger charge is 2.14. The Hall–Kier alpha value is -2.09. The fourth-order valence-electron chi connectivity index (χ4n) is 3.86. The molecule has 0 aliphatic rings. The first kappa shape index (κ1) is 49.9. The Labute approximate surface area is 322 Å². The molecule has 0 aliphatic heterocycles. The Morgan fingerprint density at radius 2 is 1.02 bits per heavy atom. The van der Waals surface area contributed by atoms with E-state index < -0.39 is 12.0 Å². The fourth-order valence-corrected chi connectivity index (χ4v) is 4.42. The van der Waals surface area contributed by atoms with Gasteiger partial charge in [-0.25, -0.2) is 4.68 Å². The van der Waals surface area contributed by atoms with Crippen molar-refractivity contribution in [3.63, 3.8) is 0 Å². The molecule has 0 fully saturated rings. The zero-order chi connectivity index (χ0) is 39.0. The molecule has 0 radical (unpaired) electrons. The van der Waals surface area contributed by atoms with E-state index >= 15 is 0 Å². The summed E-state index contributed by atoms with van der Waals surface area (Å²) in [6.07, 6.45) is 1.78. The molecule has 316 valence electrons. The molecular weight excluding hydrogens is 738 g/mol. The first-order valence-corrected chi connectivity index (χ1v) is 19.4. The molecule has 0 spiro atoms. The summed E-state index contributed by atoms with van der Waals surface area (Å²) < 4.78 is 61.7. The number of thioether (sulfide) groups is 1. The molecule has 0 unspecified atom stereocenters. The summed E-state index contributed by atoms with van der Waals surface area (Å²) in [5.41, 5.74) is 6.02. The van der Waals surface area contributed by atoms with Gasteiger partial charge in [-0.2, -0.15) is 0 Å². The van der Waals surface area contributed by atoms with Crippen LogP contribution in [-0.2, 0) is 74.7 Å². The van der Waals surface area contributed by atoms with Crippen molar-refractivity contribution in [2.75, 3.05) is 170 Å². The van der Waals surface area contributed by atoms with Crippen LogP contribution >= 0.6 is 11.8 Å². The number of nitrogens with two attached hydrogens (primary N) is 1. The predicted molar refractivity (Wildman–Crippen MR) is 196 cm³/mol. The van der Waals surface area contributed by atoms with Gasteiger partial charge in [0.05, 0.1) is 170 Å². The van der Waals surface area contributed by atoms with E-state index in [2.05, 4.69) is 15.6 Å². The summed E-state index contributed by atoms with van der Waals surface area (Å²) in [5, 5.41) is 28.1. The summed E-state index contributed by atoms with van der Waals surface area (Å²) in [7, 11) is 0. The van der Waals surface area contributed by atoms with Crippen LogP contribution in [0.25, 0.3) is 0 Å². The van der Waals surface area contributed by atoms with Crippen molar-refractivity contribution in [1.29, 1.82) is 0 Å². The largest absolute Gasteiger partial charge is 0.480 e. The van der Waals surface area contributed by atoms with E-state index in [-0.39, 0.29) is 18.9 Å². The average Bonchev–Trinajstić information content (AvgIpc) is 3.61. The van der Waals surface area contributed by atoms with E-state index in [0.29, 0.717) is 176 Å². The quantitative estimate of drug-likeness (QED) is 0.0536. The molecule has 1 aromatic rings. The third kappa shape index (κ3) is 34.4. The van der Waals surface area contributed by atoms with Crippen LogP contribution in [-0.4, -0.2) is 213 Å². The highest BCUT2D eigenvalue weighted by molar-refractivity contribution is 7.99. The summed E-state index contributed by atoms with van der Waals surface area (Å²) in [6.45, 7) is 11.1. The van der Waals surface area contributed by atoms with Gasteiger partial charge >= 0.3 is 5.97 Å². The number of amides is 1. The highest BCUT2D eigenvalue weighted by Crippen LogP contribution is 1.99. The summed E-state index contributed by atoms with van der Waals surface area (Å²) in [5.74, 6) is -0.247. The number of hydrogen-bond donors (Lipinski definition) is 4. The Kier molecular flexibility index (Phi) is 36.2. The number of ether oxygens (including phenoxy) is 11. The lowest BCUT2D eigenvalue weighted by atomic mass is 10.2. The maximum absolute atomic E-state index is 11.5. The van der Waals surface area contributed by atoms with E-state index in [9.17, 15) is 9.59 Å². The predicted octanol–water partition coefficient (Wildman–Crippen LogP) is -1.74. The molecule has 0 aliphatic carbocycles. The minimum Gasteiger partial charge on any atom is -0.480 e. The van der Waals surface area contributed by atoms with Crippen LogP contribution in [0.4, 0.5) is 0 Å². The first-order chi connectivity index (χ1) is 26.5. The number of nitrogens with zero attached hydrogens (tertiary/aromatic N) is 3. The minimum atomic E-state index is -1.08. The number of hydrogen-bond acceptors (Lipinski definition) is 18. The second kappa shape index (κ2) is 39.2. The lowest BCUT2D eigenvalue weighted by molar-refractivity contribution is -0.138. The van der Waals surface area contributed by atoms with Crippen LogP contribution in [0.1, 0.15) is 5.69 Å². The first-order valence-electron chi connectivity index (χ1n) is 18.2. The van der Waals surface area contributed by atoms with Gasteiger partial charge in [-0.15, -0.1) is 16.9 Å². The number of carbonyl (C=O) groups is 2. The number of nitrogens with one attached hydrogen (secondary N) is 1. The van der Waals surface area contributed by atoms with Gasteiger partial charge in [-0.1, -0.05) is 5.21 Å². The van der Waals surface area contributed by atoms with Gasteiger partial charge in [0.1, 0.15) is 6.04 Å². The van der Waals surface area contributed by atoms with Crippen molar-refractivity contribution in [2.45, 2.75) is 19.0 Å². The van der Waals surface area contributed by atoms with Crippen molar-refractivity contribution in [1.82, 2.24) is 20.3 Å². The molecule has 1 aromatic heterocycles. The Morgan fingerprint density at radius 3 is 1.39 bits per heavy atom. The lowest BCUT2D eigenvalue weighted by Gasteiger charge is -2.09. The van der Waals surface area contributed by atoms with E-state index in [1.165, 1.54) is 11.8 Å². The third-order valence-electron chi connectivity index (χ3n) is 6.55. The fraction of sp³-hybridized carbons (Fsp3) is 0.879. The maximum Gasteiger partial charge on any atom is 0.320 e. The number of aliphatic carboxylic acids is 1. The Balaban J connectivity index is 1.66. The number of aliphatic hydroxyl groups is 1. The zero-order valence-corrected chi connectivity index (χ0v) is 32.3. The van der Waals surface area contributed by atoms with Gasteiger partial charge in [0.15, 0.2) is 0 Å². The van der Waals surface area contributed by atoms with Crippen LogP contribution in [0.15, 0.2) is 6.20 Å². The van der Waals surface area contributed by atoms with Crippen molar-refractivity contribution in [2.24, 2.45) is 5.73 Å². The molecule has 1 amide bonds.